The van der Waals surface area contributed by atoms with Crippen LogP contribution in [-0.4, -0.2) is 38.8 Å². The summed E-state index contributed by atoms with van der Waals surface area (Å²) in [6, 6.07) is 29.6. The number of piperidine rings is 1. The highest BCUT2D eigenvalue weighted by Gasteiger charge is 2.26. The Labute approximate surface area is 200 Å². The number of hydrogen-bond donors (Lipinski definition) is 1. The number of carbonyl (C=O) groups excluding carboxylic acids is 1. The van der Waals surface area contributed by atoms with Crippen molar-refractivity contribution in [2.24, 2.45) is 5.92 Å². The van der Waals surface area contributed by atoms with Gasteiger partial charge in [-0.25, -0.2) is 0 Å². The molecule has 5 nitrogen and oxygen atoms in total. The molecule has 1 aliphatic rings. The van der Waals surface area contributed by atoms with Crippen LogP contribution in [0.2, 0.25) is 0 Å². The highest BCUT2D eigenvalue weighted by Crippen LogP contribution is 2.26. The molecule has 0 radical (unpaired) electrons. The lowest BCUT2D eigenvalue weighted by atomic mass is 9.90. The number of carbonyl (C=O) groups is 1. The number of likely N-dealkylation sites (tertiary alicyclic amines) is 1. The Balaban J connectivity index is 1.33. The van der Waals surface area contributed by atoms with Gasteiger partial charge in [0.1, 0.15) is 5.75 Å². The molecular weight excluding hydrogens is 422 g/mol. The van der Waals surface area contributed by atoms with E-state index in [4.69, 9.17) is 5.10 Å². The highest BCUT2D eigenvalue weighted by atomic mass is 16.3. The lowest BCUT2D eigenvalue weighted by Crippen LogP contribution is -2.39. The average molecular weight is 452 g/mol. The summed E-state index contributed by atoms with van der Waals surface area (Å²) < 4.78 is 1.89. The third-order valence-corrected chi connectivity index (χ3v) is 6.61. The van der Waals surface area contributed by atoms with Gasteiger partial charge in [-0.15, -0.1) is 0 Å². The number of phenols is 1. The first-order valence-electron chi connectivity index (χ1n) is 11.9. The van der Waals surface area contributed by atoms with E-state index in [1.807, 2.05) is 52.0 Å². The van der Waals surface area contributed by atoms with Crippen LogP contribution in [0.5, 0.6) is 5.75 Å². The van der Waals surface area contributed by atoms with Gasteiger partial charge in [-0.2, -0.15) is 5.10 Å². The largest absolute Gasteiger partial charge is 0.508 e. The number of phenolic OH excluding ortho intramolecular Hbond substituents is 1. The second-order valence-electron chi connectivity index (χ2n) is 9.03. The van der Waals surface area contributed by atoms with Crippen molar-refractivity contribution < 1.29 is 9.90 Å². The minimum atomic E-state index is -0.00926. The fraction of sp³-hybridized carbons (Fsp3) is 0.241. The zero-order valence-electron chi connectivity index (χ0n) is 19.2. The first kappa shape index (κ1) is 22.0. The van der Waals surface area contributed by atoms with Crippen LogP contribution < -0.4 is 0 Å². The van der Waals surface area contributed by atoms with E-state index in [-0.39, 0.29) is 11.7 Å². The van der Waals surface area contributed by atoms with E-state index in [9.17, 15) is 9.90 Å². The molecule has 1 aliphatic heterocycles. The van der Waals surface area contributed by atoms with Gasteiger partial charge in [0.2, 0.25) is 0 Å². The fourth-order valence-corrected chi connectivity index (χ4v) is 4.71. The summed E-state index contributed by atoms with van der Waals surface area (Å²) in [5.74, 6) is 0.812. The van der Waals surface area contributed by atoms with Gasteiger partial charge in [0.15, 0.2) is 5.69 Å². The van der Waals surface area contributed by atoms with Crippen molar-refractivity contribution in [1.29, 1.82) is 0 Å². The lowest BCUT2D eigenvalue weighted by Gasteiger charge is -2.31. The molecule has 5 rings (SSSR count). The number of amides is 1. The SMILES string of the molecule is O=C(c1cc(-c2ccc(O)cc2)n(Cc2ccccc2)n1)N1CCC(Cc2ccccc2)CC1. The standard InChI is InChI=1S/C29H29N3O2/c33-26-13-11-25(12-14-26)28-20-27(30-32(28)21-24-9-5-2-6-10-24)29(34)31-17-15-23(16-18-31)19-22-7-3-1-4-8-22/h1-14,20,23,33H,15-19,21H2. The van der Waals surface area contributed by atoms with Gasteiger partial charge in [0.05, 0.1) is 12.2 Å². The first-order chi connectivity index (χ1) is 16.7. The van der Waals surface area contributed by atoms with Gasteiger partial charge in [-0.1, -0.05) is 60.7 Å². The van der Waals surface area contributed by atoms with Crippen molar-refractivity contribution in [2.75, 3.05) is 13.1 Å². The maximum absolute atomic E-state index is 13.4. The highest BCUT2D eigenvalue weighted by molar-refractivity contribution is 5.93. The number of benzene rings is 3. The monoisotopic (exact) mass is 451 g/mol. The fourth-order valence-electron chi connectivity index (χ4n) is 4.71. The molecule has 4 aromatic rings. The summed E-state index contributed by atoms with van der Waals surface area (Å²) >= 11 is 0. The lowest BCUT2D eigenvalue weighted by molar-refractivity contribution is 0.0683. The van der Waals surface area contributed by atoms with E-state index in [0.717, 1.165) is 49.2 Å². The Morgan fingerprint density at radius 2 is 1.47 bits per heavy atom. The second kappa shape index (κ2) is 9.96. The molecule has 5 heteroatoms. The van der Waals surface area contributed by atoms with Crippen LogP contribution in [-0.2, 0) is 13.0 Å². The van der Waals surface area contributed by atoms with Crippen molar-refractivity contribution in [3.05, 3.63) is 108 Å². The molecule has 0 aliphatic carbocycles. The minimum Gasteiger partial charge on any atom is -0.508 e. The molecule has 0 bridgehead atoms. The second-order valence-corrected chi connectivity index (χ2v) is 9.03. The van der Waals surface area contributed by atoms with E-state index in [2.05, 4.69) is 36.4 Å². The van der Waals surface area contributed by atoms with E-state index in [0.29, 0.717) is 18.2 Å². The van der Waals surface area contributed by atoms with Crippen LogP contribution in [0.3, 0.4) is 0 Å². The van der Waals surface area contributed by atoms with Gasteiger partial charge >= 0.3 is 0 Å². The molecular formula is C29H29N3O2. The van der Waals surface area contributed by atoms with Crippen LogP contribution in [0.25, 0.3) is 11.3 Å². The molecule has 34 heavy (non-hydrogen) atoms. The summed E-state index contributed by atoms with van der Waals surface area (Å²) in [6.45, 7) is 2.09. The summed E-state index contributed by atoms with van der Waals surface area (Å²) in [5, 5.41) is 14.4. The van der Waals surface area contributed by atoms with Crippen molar-refractivity contribution in [1.82, 2.24) is 14.7 Å². The molecule has 172 valence electrons. The smallest absolute Gasteiger partial charge is 0.274 e. The van der Waals surface area contributed by atoms with Gasteiger partial charge in [0, 0.05) is 18.7 Å². The number of aromatic hydroxyl groups is 1. The Kier molecular flexibility index (Phi) is 6.43. The van der Waals surface area contributed by atoms with Gasteiger partial charge in [0.25, 0.3) is 5.91 Å². The Hall–Kier alpha value is -3.86. The average Bonchev–Trinajstić information content (AvgIpc) is 3.29. The summed E-state index contributed by atoms with van der Waals surface area (Å²) in [6.07, 6.45) is 3.09. The third-order valence-electron chi connectivity index (χ3n) is 6.61. The third kappa shape index (κ3) is 5.04. The van der Waals surface area contributed by atoms with Crippen LogP contribution in [0, 0.1) is 5.92 Å². The Morgan fingerprint density at radius 3 is 2.12 bits per heavy atom. The molecule has 0 unspecified atom stereocenters. The first-order valence-corrected chi connectivity index (χ1v) is 11.9. The van der Waals surface area contributed by atoms with Gasteiger partial charge in [-0.3, -0.25) is 9.48 Å². The van der Waals surface area contributed by atoms with E-state index >= 15 is 0 Å². The van der Waals surface area contributed by atoms with Crippen molar-refractivity contribution in [3.63, 3.8) is 0 Å². The van der Waals surface area contributed by atoms with E-state index in [1.54, 1.807) is 12.1 Å². The van der Waals surface area contributed by atoms with Crippen molar-refractivity contribution >= 4 is 5.91 Å². The molecule has 1 amide bonds. The predicted octanol–water partition coefficient (Wildman–Crippen LogP) is 5.40. The van der Waals surface area contributed by atoms with E-state index in [1.165, 1.54) is 5.56 Å². The molecule has 1 fully saturated rings. The van der Waals surface area contributed by atoms with Crippen LogP contribution in [0.1, 0.15) is 34.5 Å². The number of nitrogens with zero attached hydrogens (tertiary/aromatic N) is 3. The van der Waals surface area contributed by atoms with Crippen LogP contribution >= 0.6 is 0 Å². The quantitative estimate of drug-likeness (QED) is 0.427. The Morgan fingerprint density at radius 1 is 0.853 bits per heavy atom. The Bertz CT molecular complexity index is 1230. The number of hydrogen-bond acceptors (Lipinski definition) is 3. The molecule has 1 saturated heterocycles. The topological polar surface area (TPSA) is 58.4 Å². The molecule has 0 spiro atoms. The van der Waals surface area contributed by atoms with Crippen LogP contribution in [0.15, 0.2) is 91.0 Å². The van der Waals surface area contributed by atoms with Gasteiger partial charge < -0.3 is 10.0 Å². The molecule has 1 N–H and O–H groups in total. The van der Waals surface area contributed by atoms with Gasteiger partial charge in [-0.05, 0) is 66.6 Å². The summed E-state index contributed by atoms with van der Waals surface area (Å²) in [7, 11) is 0. The normalized spacial score (nSPS) is 14.3. The summed E-state index contributed by atoms with van der Waals surface area (Å²) in [5.41, 5.74) is 4.74. The molecule has 1 aromatic heterocycles. The molecule has 0 saturated carbocycles. The maximum atomic E-state index is 13.4. The number of rotatable bonds is 6. The zero-order valence-corrected chi connectivity index (χ0v) is 19.2. The number of aromatic nitrogens is 2. The van der Waals surface area contributed by atoms with E-state index < -0.39 is 0 Å². The molecule has 2 heterocycles. The maximum Gasteiger partial charge on any atom is 0.274 e. The minimum absolute atomic E-state index is 0.00926. The van der Waals surface area contributed by atoms with Crippen molar-refractivity contribution in [3.8, 4) is 17.0 Å². The summed E-state index contributed by atoms with van der Waals surface area (Å²) in [4.78, 5) is 15.3. The molecule has 3 aromatic carbocycles. The predicted molar refractivity (Wildman–Crippen MR) is 134 cm³/mol. The zero-order chi connectivity index (χ0) is 23.3. The molecule has 0 atom stereocenters. The van der Waals surface area contributed by atoms with Crippen LogP contribution in [0.4, 0.5) is 0 Å². The van der Waals surface area contributed by atoms with Crippen molar-refractivity contribution in [2.45, 2.75) is 25.8 Å².